The molecule has 1 aliphatic heterocycles. The lowest BCUT2D eigenvalue weighted by atomic mass is 10.1. The number of anilines is 1. The first-order valence-electron chi connectivity index (χ1n) is 8.61. The Labute approximate surface area is 157 Å². The monoisotopic (exact) mass is 370 g/mol. The van der Waals surface area contributed by atoms with Gasteiger partial charge >= 0.3 is 6.09 Å². The number of carbonyl (C=O) groups is 2. The van der Waals surface area contributed by atoms with E-state index in [1.807, 2.05) is 30.3 Å². The summed E-state index contributed by atoms with van der Waals surface area (Å²) in [5, 5.41) is 2.82. The van der Waals surface area contributed by atoms with Gasteiger partial charge in [-0.15, -0.1) is 0 Å². The van der Waals surface area contributed by atoms with Crippen LogP contribution in [0, 0.1) is 0 Å². The molecule has 1 heterocycles. The van der Waals surface area contributed by atoms with E-state index in [1.54, 1.807) is 25.3 Å². The fourth-order valence-electron chi connectivity index (χ4n) is 2.90. The molecule has 2 aromatic rings. The van der Waals surface area contributed by atoms with Gasteiger partial charge in [0.25, 0.3) is 0 Å². The van der Waals surface area contributed by atoms with Gasteiger partial charge in [0.05, 0.1) is 39.4 Å². The maximum absolute atomic E-state index is 12.2. The molecule has 1 aliphatic rings. The van der Waals surface area contributed by atoms with Gasteiger partial charge < -0.3 is 19.5 Å². The molecule has 1 atom stereocenters. The topological polar surface area (TPSA) is 77.1 Å². The Morgan fingerprint density at radius 2 is 1.89 bits per heavy atom. The Morgan fingerprint density at radius 3 is 2.59 bits per heavy atom. The van der Waals surface area contributed by atoms with E-state index in [-0.39, 0.29) is 12.5 Å². The van der Waals surface area contributed by atoms with E-state index in [1.165, 1.54) is 12.0 Å². The molecule has 7 heteroatoms. The fourth-order valence-corrected chi connectivity index (χ4v) is 2.90. The van der Waals surface area contributed by atoms with Crippen LogP contribution in [-0.2, 0) is 16.0 Å². The molecular formula is C20H22N2O5. The van der Waals surface area contributed by atoms with Gasteiger partial charge in [0.1, 0.15) is 6.10 Å². The SMILES string of the molecule is COc1ccc(N2CC(CNC(=O)Cc3ccccc3)OC2=O)cc1OC. The van der Waals surface area contributed by atoms with Crippen molar-refractivity contribution in [2.45, 2.75) is 12.5 Å². The van der Waals surface area contributed by atoms with Crippen molar-refractivity contribution in [1.82, 2.24) is 5.32 Å². The van der Waals surface area contributed by atoms with E-state index < -0.39 is 12.2 Å². The number of hydrogen-bond acceptors (Lipinski definition) is 5. The third kappa shape index (κ3) is 4.49. The Bertz CT molecular complexity index is 809. The zero-order valence-electron chi connectivity index (χ0n) is 15.3. The molecule has 2 aromatic carbocycles. The van der Waals surface area contributed by atoms with Crippen LogP contribution in [0.4, 0.5) is 10.5 Å². The highest BCUT2D eigenvalue weighted by Gasteiger charge is 2.33. The first-order chi connectivity index (χ1) is 13.1. The van der Waals surface area contributed by atoms with E-state index in [9.17, 15) is 9.59 Å². The number of nitrogens with zero attached hydrogens (tertiary/aromatic N) is 1. The number of benzene rings is 2. The van der Waals surface area contributed by atoms with Crippen molar-refractivity contribution in [3.63, 3.8) is 0 Å². The van der Waals surface area contributed by atoms with Gasteiger partial charge in [0.2, 0.25) is 5.91 Å². The zero-order chi connectivity index (χ0) is 19.2. The smallest absolute Gasteiger partial charge is 0.414 e. The number of rotatable bonds is 7. The van der Waals surface area contributed by atoms with E-state index in [0.29, 0.717) is 30.2 Å². The van der Waals surface area contributed by atoms with Gasteiger partial charge in [0, 0.05) is 6.07 Å². The Kier molecular flexibility index (Phi) is 5.80. The molecule has 0 aromatic heterocycles. The third-order valence-electron chi connectivity index (χ3n) is 4.29. The Balaban J connectivity index is 1.56. The molecule has 7 nitrogen and oxygen atoms in total. The minimum Gasteiger partial charge on any atom is -0.493 e. The molecule has 0 bridgehead atoms. The van der Waals surface area contributed by atoms with Crippen LogP contribution in [0.5, 0.6) is 11.5 Å². The molecule has 0 saturated carbocycles. The van der Waals surface area contributed by atoms with E-state index in [2.05, 4.69) is 5.32 Å². The van der Waals surface area contributed by atoms with Gasteiger partial charge in [-0.1, -0.05) is 30.3 Å². The lowest BCUT2D eigenvalue weighted by Gasteiger charge is -2.15. The summed E-state index contributed by atoms with van der Waals surface area (Å²) in [6, 6.07) is 14.7. The van der Waals surface area contributed by atoms with Crippen LogP contribution < -0.4 is 19.7 Å². The average Bonchev–Trinajstić information content (AvgIpc) is 3.07. The highest BCUT2D eigenvalue weighted by molar-refractivity contribution is 5.90. The minimum atomic E-state index is -0.454. The standard InChI is InChI=1S/C20H22N2O5/c1-25-17-9-8-15(11-18(17)26-2)22-13-16(27-20(22)24)12-21-19(23)10-14-6-4-3-5-7-14/h3-9,11,16H,10,12-13H2,1-2H3,(H,21,23). The summed E-state index contributed by atoms with van der Waals surface area (Å²) in [4.78, 5) is 25.8. The van der Waals surface area contributed by atoms with Gasteiger partial charge in [-0.05, 0) is 17.7 Å². The number of carbonyl (C=O) groups excluding carboxylic acids is 2. The number of amides is 2. The second-order valence-electron chi connectivity index (χ2n) is 6.12. The Hall–Kier alpha value is -3.22. The summed E-state index contributed by atoms with van der Waals surface area (Å²) < 4.78 is 15.8. The second kappa shape index (κ2) is 8.44. The number of ether oxygens (including phenoxy) is 3. The summed E-state index contributed by atoms with van der Waals surface area (Å²) in [5.41, 5.74) is 1.58. The number of methoxy groups -OCH3 is 2. The zero-order valence-corrected chi connectivity index (χ0v) is 15.3. The quantitative estimate of drug-likeness (QED) is 0.810. The molecule has 0 aliphatic carbocycles. The number of hydrogen-bond donors (Lipinski definition) is 1. The molecule has 2 amide bonds. The summed E-state index contributed by atoms with van der Waals surface area (Å²) in [6.07, 6.45) is -0.573. The van der Waals surface area contributed by atoms with Crippen molar-refractivity contribution in [1.29, 1.82) is 0 Å². The number of cyclic esters (lactones) is 1. The van der Waals surface area contributed by atoms with Crippen LogP contribution in [-0.4, -0.2) is 45.4 Å². The predicted octanol–water partition coefficient (Wildman–Crippen LogP) is 2.39. The molecule has 1 fully saturated rings. The maximum atomic E-state index is 12.2. The van der Waals surface area contributed by atoms with Crippen molar-refractivity contribution in [2.75, 3.05) is 32.2 Å². The summed E-state index contributed by atoms with van der Waals surface area (Å²) in [7, 11) is 3.09. The highest BCUT2D eigenvalue weighted by atomic mass is 16.6. The van der Waals surface area contributed by atoms with Crippen LogP contribution >= 0.6 is 0 Å². The van der Waals surface area contributed by atoms with E-state index in [4.69, 9.17) is 14.2 Å². The molecule has 1 saturated heterocycles. The van der Waals surface area contributed by atoms with E-state index >= 15 is 0 Å². The molecule has 3 rings (SSSR count). The van der Waals surface area contributed by atoms with Crippen molar-refractivity contribution in [3.8, 4) is 11.5 Å². The molecule has 0 radical (unpaired) electrons. The van der Waals surface area contributed by atoms with Gasteiger partial charge in [-0.25, -0.2) is 4.79 Å². The number of nitrogens with one attached hydrogen (secondary N) is 1. The third-order valence-corrected chi connectivity index (χ3v) is 4.29. The van der Waals surface area contributed by atoms with Crippen LogP contribution in [0.3, 0.4) is 0 Å². The largest absolute Gasteiger partial charge is 0.493 e. The minimum absolute atomic E-state index is 0.109. The fraction of sp³-hybridized carbons (Fsp3) is 0.300. The first-order valence-corrected chi connectivity index (χ1v) is 8.61. The van der Waals surface area contributed by atoms with Crippen molar-refractivity contribution in [2.24, 2.45) is 0 Å². The van der Waals surface area contributed by atoms with Crippen LogP contribution in [0.2, 0.25) is 0 Å². The lowest BCUT2D eigenvalue weighted by Crippen LogP contribution is -2.35. The normalized spacial score (nSPS) is 16.0. The molecule has 1 unspecified atom stereocenters. The van der Waals surface area contributed by atoms with Crippen molar-refractivity contribution < 1.29 is 23.8 Å². The first kappa shape index (κ1) is 18.6. The molecule has 142 valence electrons. The van der Waals surface area contributed by atoms with Crippen LogP contribution in [0.1, 0.15) is 5.56 Å². The summed E-state index contributed by atoms with van der Waals surface area (Å²) in [6.45, 7) is 0.612. The highest BCUT2D eigenvalue weighted by Crippen LogP contribution is 2.33. The van der Waals surface area contributed by atoms with Crippen molar-refractivity contribution in [3.05, 3.63) is 54.1 Å². The summed E-state index contributed by atoms with van der Waals surface area (Å²) in [5.74, 6) is 1.00. The van der Waals surface area contributed by atoms with E-state index in [0.717, 1.165) is 5.56 Å². The van der Waals surface area contributed by atoms with Crippen LogP contribution in [0.25, 0.3) is 0 Å². The second-order valence-corrected chi connectivity index (χ2v) is 6.12. The van der Waals surface area contributed by atoms with Gasteiger partial charge in [-0.2, -0.15) is 0 Å². The molecular weight excluding hydrogens is 348 g/mol. The lowest BCUT2D eigenvalue weighted by molar-refractivity contribution is -0.120. The maximum Gasteiger partial charge on any atom is 0.414 e. The Morgan fingerprint density at radius 1 is 1.15 bits per heavy atom. The van der Waals surface area contributed by atoms with Gasteiger partial charge in [0.15, 0.2) is 11.5 Å². The predicted molar refractivity (Wildman–Crippen MR) is 100 cm³/mol. The molecule has 0 spiro atoms. The summed E-state index contributed by atoms with van der Waals surface area (Å²) >= 11 is 0. The van der Waals surface area contributed by atoms with Gasteiger partial charge in [-0.3, -0.25) is 9.69 Å². The van der Waals surface area contributed by atoms with Crippen LogP contribution in [0.15, 0.2) is 48.5 Å². The van der Waals surface area contributed by atoms with Crippen molar-refractivity contribution >= 4 is 17.7 Å². The molecule has 1 N–H and O–H groups in total. The average molecular weight is 370 g/mol. The molecule has 27 heavy (non-hydrogen) atoms.